The third-order valence-electron chi connectivity index (χ3n) is 2.92. The summed E-state index contributed by atoms with van der Waals surface area (Å²) in [4.78, 5) is 24.2. The minimum atomic E-state index is -0.778. The summed E-state index contributed by atoms with van der Waals surface area (Å²) in [5.41, 5.74) is -0.0989. The normalized spacial score (nSPS) is 11.2. The van der Waals surface area contributed by atoms with E-state index in [2.05, 4.69) is 10.1 Å². The van der Waals surface area contributed by atoms with Crippen LogP contribution < -0.4 is 5.32 Å². The first kappa shape index (κ1) is 16.7. The van der Waals surface area contributed by atoms with E-state index < -0.39 is 11.9 Å². The summed E-state index contributed by atoms with van der Waals surface area (Å²) in [7, 11) is 2.43. The molecule has 2 rings (SSSR count). The predicted octanol–water partition coefficient (Wildman–Crippen LogP) is 3.32. The van der Waals surface area contributed by atoms with Gasteiger partial charge in [0.25, 0.3) is 0 Å². The highest BCUT2D eigenvalue weighted by Crippen LogP contribution is 2.39. The highest BCUT2D eigenvalue weighted by molar-refractivity contribution is 6.08. The minimum absolute atomic E-state index is 0.0407. The van der Waals surface area contributed by atoms with Gasteiger partial charge in [-0.15, -0.1) is 0 Å². The van der Waals surface area contributed by atoms with Crippen LogP contribution in [0.15, 0.2) is 27.2 Å². The van der Waals surface area contributed by atoms with Gasteiger partial charge in [-0.1, -0.05) is 0 Å². The number of anilines is 1. The van der Waals surface area contributed by atoms with Gasteiger partial charge < -0.3 is 23.6 Å². The van der Waals surface area contributed by atoms with Crippen molar-refractivity contribution in [3.63, 3.8) is 0 Å². The standard InChI is InChI=1S/C16H19NO6/c1-16(2,3)17-13-10(9-7-6-8-22-9)11(14(18)20-4)12(23-13)15(19)21-5/h6-8,17H,1-5H3. The Balaban J connectivity index is 2.73. The molecule has 0 saturated heterocycles. The molecule has 0 bridgehead atoms. The monoisotopic (exact) mass is 321 g/mol. The summed E-state index contributed by atoms with van der Waals surface area (Å²) >= 11 is 0. The number of nitrogens with one attached hydrogen (secondary N) is 1. The summed E-state index contributed by atoms with van der Waals surface area (Å²) in [6, 6.07) is 3.33. The number of rotatable bonds is 4. The fourth-order valence-electron chi connectivity index (χ4n) is 2.05. The van der Waals surface area contributed by atoms with Crippen molar-refractivity contribution in [3.05, 3.63) is 29.7 Å². The molecular weight excluding hydrogens is 302 g/mol. The molecule has 0 spiro atoms. The SMILES string of the molecule is COC(=O)c1oc(NC(C)(C)C)c(-c2ccco2)c1C(=O)OC. The van der Waals surface area contributed by atoms with Gasteiger partial charge in [0.15, 0.2) is 0 Å². The molecule has 0 aliphatic rings. The third kappa shape index (κ3) is 3.39. The summed E-state index contributed by atoms with van der Waals surface area (Å²) in [6.07, 6.45) is 1.46. The lowest BCUT2D eigenvalue weighted by Crippen LogP contribution is -2.26. The van der Waals surface area contributed by atoms with Crippen molar-refractivity contribution >= 4 is 17.8 Å². The maximum atomic E-state index is 12.2. The second-order valence-corrected chi connectivity index (χ2v) is 5.85. The molecule has 2 heterocycles. The van der Waals surface area contributed by atoms with E-state index in [-0.39, 0.29) is 22.7 Å². The Morgan fingerprint density at radius 1 is 1.13 bits per heavy atom. The fourth-order valence-corrected chi connectivity index (χ4v) is 2.05. The number of carbonyl (C=O) groups excluding carboxylic acids is 2. The van der Waals surface area contributed by atoms with Gasteiger partial charge in [0.2, 0.25) is 11.6 Å². The second-order valence-electron chi connectivity index (χ2n) is 5.85. The molecule has 0 aliphatic heterocycles. The molecule has 0 aliphatic carbocycles. The molecule has 0 radical (unpaired) electrons. The van der Waals surface area contributed by atoms with Crippen molar-refractivity contribution < 1.29 is 27.9 Å². The fraction of sp³-hybridized carbons (Fsp3) is 0.375. The Labute approximate surface area is 133 Å². The van der Waals surface area contributed by atoms with Crippen LogP contribution in [0.25, 0.3) is 11.3 Å². The van der Waals surface area contributed by atoms with Crippen molar-refractivity contribution in [2.75, 3.05) is 19.5 Å². The van der Waals surface area contributed by atoms with Crippen molar-refractivity contribution in [2.45, 2.75) is 26.3 Å². The molecule has 0 atom stereocenters. The molecule has 0 saturated carbocycles. The average Bonchev–Trinajstić information content (AvgIpc) is 3.11. The Morgan fingerprint density at radius 3 is 2.26 bits per heavy atom. The first-order valence-electron chi connectivity index (χ1n) is 6.94. The van der Waals surface area contributed by atoms with Crippen molar-refractivity contribution in [3.8, 4) is 11.3 Å². The maximum absolute atomic E-state index is 12.2. The predicted molar refractivity (Wildman–Crippen MR) is 82.5 cm³/mol. The molecule has 0 aromatic carbocycles. The first-order valence-corrected chi connectivity index (χ1v) is 6.94. The van der Waals surface area contributed by atoms with Gasteiger partial charge in [-0.2, -0.15) is 0 Å². The highest BCUT2D eigenvalue weighted by atomic mass is 16.5. The van der Waals surface area contributed by atoms with Gasteiger partial charge in [0, 0.05) is 5.54 Å². The summed E-state index contributed by atoms with van der Waals surface area (Å²) < 4.78 is 20.4. The number of carbonyl (C=O) groups is 2. The van der Waals surface area contributed by atoms with Crippen molar-refractivity contribution in [1.82, 2.24) is 0 Å². The topological polar surface area (TPSA) is 90.9 Å². The molecule has 2 aromatic rings. The molecule has 1 N–H and O–H groups in total. The van der Waals surface area contributed by atoms with Crippen molar-refractivity contribution in [2.24, 2.45) is 0 Å². The van der Waals surface area contributed by atoms with Crippen LogP contribution in [0.2, 0.25) is 0 Å². The number of hydrogen-bond acceptors (Lipinski definition) is 7. The van der Waals surface area contributed by atoms with Gasteiger partial charge in [-0.3, -0.25) is 0 Å². The zero-order valence-electron chi connectivity index (χ0n) is 13.7. The summed E-state index contributed by atoms with van der Waals surface area (Å²) in [5.74, 6) is -1.13. The number of ether oxygens (including phenoxy) is 2. The number of esters is 2. The largest absolute Gasteiger partial charge is 0.465 e. The van der Waals surface area contributed by atoms with Crippen LogP contribution >= 0.6 is 0 Å². The second kappa shape index (κ2) is 6.20. The van der Waals surface area contributed by atoms with E-state index >= 15 is 0 Å². The molecule has 124 valence electrons. The summed E-state index contributed by atoms with van der Waals surface area (Å²) in [6.45, 7) is 5.74. The van der Waals surface area contributed by atoms with E-state index in [9.17, 15) is 9.59 Å². The lowest BCUT2D eigenvalue weighted by atomic mass is 10.1. The molecule has 0 fully saturated rings. The van der Waals surface area contributed by atoms with E-state index in [1.807, 2.05) is 20.8 Å². The van der Waals surface area contributed by atoms with Gasteiger partial charge in [0.05, 0.1) is 26.0 Å². The van der Waals surface area contributed by atoms with Crippen molar-refractivity contribution in [1.29, 1.82) is 0 Å². The Morgan fingerprint density at radius 2 is 1.78 bits per heavy atom. The van der Waals surface area contributed by atoms with Gasteiger partial charge >= 0.3 is 11.9 Å². The van der Waals surface area contributed by atoms with E-state index in [1.54, 1.807) is 12.1 Å². The minimum Gasteiger partial charge on any atom is -0.465 e. The van der Waals surface area contributed by atoms with Crippen LogP contribution in [0.4, 0.5) is 5.88 Å². The number of hydrogen-bond donors (Lipinski definition) is 1. The molecule has 2 aromatic heterocycles. The van der Waals surface area contributed by atoms with E-state index in [1.165, 1.54) is 20.5 Å². The lowest BCUT2D eigenvalue weighted by Gasteiger charge is -2.20. The molecule has 7 heteroatoms. The van der Waals surface area contributed by atoms with Crippen LogP contribution in [0, 0.1) is 0 Å². The molecule has 7 nitrogen and oxygen atoms in total. The first-order chi connectivity index (χ1) is 10.8. The highest BCUT2D eigenvalue weighted by Gasteiger charge is 2.34. The Bertz CT molecular complexity index is 706. The van der Waals surface area contributed by atoms with Gasteiger partial charge in [0.1, 0.15) is 11.3 Å². The van der Waals surface area contributed by atoms with Gasteiger partial charge in [-0.05, 0) is 32.9 Å². The van der Waals surface area contributed by atoms with E-state index in [4.69, 9.17) is 13.6 Å². The maximum Gasteiger partial charge on any atom is 0.375 e. The lowest BCUT2D eigenvalue weighted by molar-refractivity contribution is 0.0529. The molecule has 23 heavy (non-hydrogen) atoms. The summed E-state index contributed by atoms with van der Waals surface area (Å²) in [5, 5.41) is 3.11. The van der Waals surface area contributed by atoms with Crippen LogP contribution in [0.1, 0.15) is 41.7 Å². The van der Waals surface area contributed by atoms with Gasteiger partial charge in [-0.25, -0.2) is 9.59 Å². The smallest absolute Gasteiger partial charge is 0.375 e. The van der Waals surface area contributed by atoms with Crippen LogP contribution in [0.5, 0.6) is 0 Å². The van der Waals surface area contributed by atoms with Crippen LogP contribution in [-0.4, -0.2) is 31.7 Å². The molecular formula is C16H19NO6. The zero-order valence-corrected chi connectivity index (χ0v) is 13.7. The number of furan rings is 2. The van der Waals surface area contributed by atoms with Crippen LogP contribution in [-0.2, 0) is 9.47 Å². The quantitative estimate of drug-likeness (QED) is 0.864. The number of methoxy groups -OCH3 is 2. The third-order valence-corrected chi connectivity index (χ3v) is 2.92. The average molecular weight is 321 g/mol. The zero-order chi connectivity index (χ0) is 17.2. The molecule has 0 unspecified atom stereocenters. The van der Waals surface area contributed by atoms with E-state index in [0.29, 0.717) is 11.3 Å². The van der Waals surface area contributed by atoms with E-state index in [0.717, 1.165) is 0 Å². The molecule has 0 amide bonds. The Hall–Kier alpha value is -2.70. The van der Waals surface area contributed by atoms with Crippen LogP contribution in [0.3, 0.4) is 0 Å². The Kier molecular flexibility index (Phi) is 4.49.